The predicted octanol–water partition coefficient (Wildman–Crippen LogP) is 3.92. The van der Waals surface area contributed by atoms with Crippen molar-refractivity contribution >= 4 is 33.2 Å². The number of hydrogen-bond acceptors (Lipinski definition) is 6. The van der Waals surface area contributed by atoms with E-state index in [9.17, 15) is 8.42 Å². The number of aromatic nitrogens is 3. The number of halogens is 1. The maximum Gasteiger partial charge on any atom is 0.191 e. The number of aryl methyl sites for hydroxylation is 1. The van der Waals surface area contributed by atoms with Crippen molar-refractivity contribution in [2.75, 3.05) is 12.4 Å². The molecule has 0 atom stereocenters. The summed E-state index contributed by atoms with van der Waals surface area (Å²) < 4.78 is 32.6. The highest BCUT2D eigenvalue weighted by atomic mass is 35.5. The molecule has 0 fully saturated rings. The first-order valence-electron chi connectivity index (χ1n) is 8.54. The molecular formula is C19H20ClN3O3S2. The minimum absolute atomic E-state index is 0.198. The average Bonchev–Trinajstić information content (AvgIpc) is 3.00. The molecule has 6 nitrogen and oxygen atoms in total. The van der Waals surface area contributed by atoms with Gasteiger partial charge in [-0.3, -0.25) is 0 Å². The van der Waals surface area contributed by atoms with Gasteiger partial charge in [-0.1, -0.05) is 53.2 Å². The van der Waals surface area contributed by atoms with E-state index in [1.54, 1.807) is 41.9 Å². The number of rotatable bonds is 8. The minimum Gasteiger partial charge on any atom is -0.491 e. The van der Waals surface area contributed by atoms with Gasteiger partial charge in [0.1, 0.15) is 17.3 Å². The van der Waals surface area contributed by atoms with Crippen LogP contribution in [0.4, 0.5) is 0 Å². The largest absolute Gasteiger partial charge is 0.491 e. The molecule has 3 aromatic rings. The van der Waals surface area contributed by atoms with Gasteiger partial charge in [0.05, 0.1) is 16.5 Å². The Bertz CT molecular complexity index is 1050. The zero-order chi connectivity index (χ0) is 20.1. The second kappa shape index (κ2) is 8.98. The summed E-state index contributed by atoms with van der Waals surface area (Å²) in [5.41, 5.74) is 1.01. The molecule has 0 amide bonds. The molecule has 0 saturated heterocycles. The van der Waals surface area contributed by atoms with Crippen molar-refractivity contribution in [1.29, 1.82) is 0 Å². The van der Waals surface area contributed by atoms with Gasteiger partial charge >= 0.3 is 0 Å². The summed E-state index contributed by atoms with van der Waals surface area (Å²) in [5.74, 6) is 1.46. The van der Waals surface area contributed by atoms with Gasteiger partial charge in [0, 0.05) is 12.8 Å². The van der Waals surface area contributed by atoms with Crippen LogP contribution in [0.1, 0.15) is 11.4 Å². The van der Waals surface area contributed by atoms with Crippen LogP contribution in [0.25, 0.3) is 0 Å². The maximum atomic E-state index is 12.6. The lowest BCUT2D eigenvalue weighted by Gasteiger charge is -2.08. The monoisotopic (exact) mass is 437 g/mol. The van der Waals surface area contributed by atoms with E-state index in [1.807, 2.05) is 25.1 Å². The second-order valence-electron chi connectivity index (χ2n) is 6.16. The first kappa shape index (κ1) is 20.7. The van der Waals surface area contributed by atoms with Crippen molar-refractivity contribution in [3.05, 3.63) is 64.9 Å². The van der Waals surface area contributed by atoms with E-state index in [0.717, 1.165) is 5.56 Å². The third kappa shape index (κ3) is 5.06. The molecule has 0 radical (unpaired) electrons. The molecule has 1 heterocycles. The van der Waals surface area contributed by atoms with Gasteiger partial charge < -0.3 is 9.30 Å². The summed E-state index contributed by atoms with van der Waals surface area (Å²) >= 11 is 7.50. The summed E-state index contributed by atoms with van der Waals surface area (Å²) in [6.07, 6.45) is 0. The average molecular weight is 438 g/mol. The fraction of sp³-hybridized carbons (Fsp3) is 0.263. The molecule has 148 valence electrons. The first-order chi connectivity index (χ1) is 13.4. The van der Waals surface area contributed by atoms with E-state index in [-0.39, 0.29) is 10.6 Å². The minimum atomic E-state index is -3.48. The zero-order valence-corrected chi connectivity index (χ0v) is 17.9. The molecule has 0 aliphatic carbocycles. The highest BCUT2D eigenvalue weighted by Crippen LogP contribution is 2.24. The Hall–Kier alpha value is -2.03. The van der Waals surface area contributed by atoms with E-state index < -0.39 is 9.84 Å². The van der Waals surface area contributed by atoms with Crippen molar-refractivity contribution in [3.63, 3.8) is 0 Å². The van der Waals surface area contributed by atoms with Crippen LogP contribution < -0.4 is 4.74 Å². The second-order valence-corrected chi connectivity index (χ2v) is 9.62. The van der Waals surface area contributed by atoms with Gasteiger partial charge in [-0.25, -0.2) is 8.42 Å². The molecule has 0 N–H and O–H groups in total. The molecular weight excluding hydrogens is 418 g/mol. The number of thioether (sulfide) groups is 1. The Kier molecular flexibility index (Phi) is 6.64. The Balaban J connectivity index is 1.59. The van der Waals surface area contributed by atoms with Crippen molar-refractivity contribution in [3.8, 4) is 5.75 Å². The smallest absolute Gasteiger partial charge is 0.191 e. The van der Waals surface area contributed by atoms with Crippen LogP contribution in [0.5, 0.6) is 5.75 Å². The molecule has 0 saturated carbocycles. The maximum absolute atomic E-state index is 12.6. The van der Waals surface area contributed by atoms with Crippen LogP contribution >= 0.6 is 23.4 Å². The Morgan fingerprint density at radius 1 is 1.11 bits per heavy atom. The summed E-state index contributed by atoms with van der Waals surface area (Å²) in [5, 5.41) is 9.35. The van der Waals surface area contributed by atoms with E-state index in [4.69, 9.17) is 16.3 Å². The van der Waals surface area contributed by atoms with Crippen molar-refractivity contribution in [2.45, 2.75) is 22.7 Å². The fourth-order valence-electron chi connectivity index (χ4n) is 2.44. The molecule has 9 heteroatoms. The van der Waals surface area contributed by atoms with Crippen LogP contribution in [0, 0.1) is 6.92 Å². The molecule has 0 aliphatic heterocycles. The summed E-state index contributed by atoms with van der Waals surface area (Å²) in [6, 6.07) is 14.1. The topological polar surface area (TPSA) is 74.1 Å². The first-order valence-corrected chi connectivity index (χ1v) is 11.6. The third-order valence-corrected chi connectivity index (χ3v) is 6.96. The lowest BCUT2D eigenvalue weighted by atomic mass is 10.2. The molecule has 0 bridgehead atoms. The van der Waals surface area contributed by atoms with E-state index >= 15 is 0 Å². The van der Waals surface area contributed by atoms with Crippen molar-refractivity contribution in [1.82, 2.24) is 14.8 Å². The van der Waals surface area contributed by atoms with Crippen molar-refractivity contribution in [2.24, 2.45) is 7.05 Å². The molecule has 0 unspecified atom stereocenters. The molecule has 28 heavy (non-hydrogen) atoms. The zero-order valence-electron chi connectivity index (χ0n) is 15.5. The van der Waals surface area contributed by atoms with Gasteiger partial charge in [0.15, 0.2) is 15.0 Å². The molecule has 2 aromatic carbocycles. The summed E-state index contributed by atoms with van der Waals surface area (Å²) in [7, 11) is -1.72. The summed E-state index contributed by atoms with van der Waals surface area (Å²) in [6.45, 7) is 2.36. The van der Waals surface area contributed by atoms with Crippen LogP contribution in [0.15, 0.2) is 58.6 Å². The van der Waals surface area contributed by atoms with E-state index in [0.29, 0.717) is 34.1 Å². The molecule has 0 aliphatic rings. The van der Waals surface area contributed by atoms with Gasteiger partial charge in [-0.15, -0.1) is 10.2 Å². The molecule has 3 rings (SSSR count). The van der Waals surface area contributed by atoms with E-state index in [2.05, 4.69) is 10.2 Å². The van der Waals surface area contributed by atoms with Gasteiger partial charge in [-0.05, 0) is 31.2 Å². The van der Waals surface area contributed by atoms with Crippen LogP contribution in [-0.4, -0.2) is 35.5 Å². The van der Waals surface area contributed by atoms with Gasteiger partial charge in [-0.2, -0.15) is 0 Å². The number of ether oxygens (including phenoxy) is 1. The molecule has 0 spiro atoms. The number of hydrogen-bond donors (Lipinski definition) is 0. The summed E-state index contributed by atoms with van der Waals surface area (Å²) in [4.78, 5) is 0.281. The van der Waals surface area contributed by atoms with Crippen LogP contribution in [0.2, 0.25) is 5.02 Å². The SMILES string of the molecule is Cc1ccc(S(=O)(=O)Cc2nnc(SCCOc3ccccc3Cl)n2C)cc1. The third-order valence-electron chi connectivity index (χ3n) is 4.03. The lowest BCUT2D eigenvalue weighted by molar-refractivity contribution is 0.344. The van der Waals surface area contributed by atoms with E-state index in [1.165, 1.54) is 11.8 Å². The Morgan fingerprint density at radius 2 is 1.82 bits per heavy atom. The number of nitrogens with zero attached hydrogens (tertiary/aromatic N) is 3. The van der Waals surface area contributed by atoms with Gasteiger partial charge in [0.2, 0.25) is 0 Å². The Morgan fingerprint density at radius 3 is 2.54 bits per heavy atom. The van der Waals surface area contributed by atoms with Crippen molar-refractivity contribution < 1.29 is 13.2 Å². The number of para-hydroxylation sites is 1. The highest BCUT2D eigenvalue weighted by Gasteiger charge is 2.20. The standard InChI is InChI=1S/C19H20ClN3O3S2/c1-14-7-9-15(10-8-14)28(24,25)13-18-21-22-19(23(18)2)27-12-11-26-17-6-4-3-5-16(17)20/h3-10H,11-13H2,1-2H3. The van der Waals surface area contributed by atoms with Gasteiger partial charge in [0.25, 0.3) is 0 Å². The highest BCUT2D eigenvalue weighted by molar-refractivity contribution is 7.99. The lowest BCUT2D eigenvalue weighted by Crippen LogP contribution is -2.10. The number of benzene rings is 2. The fourth-order valence-corrected chi connectivity index (χ4v) is 4.69. The number of sulfone groups is 1. The van der Waals surface area contributed by atoms with Crippen LogP contribution in [-0.2, 0) is 22.6 Å². The van der Waals surface area contributed by atoms with Crippen LogP contribution in [0.3, 0.4) is 0 Å². The molecule has 1 aromatic heterocycles. The normalized spacial score (nSPS) is 11.5. The quantitative estimate of drug-likeness (QED) is 0.392. The Labute approximate surface area is 173 Å². The predicted molar refractivity (Wildman–Crippen MR) is 111 cm³/mol.